The van der Waals surface area contributed by atoms with Crippen LogP contribution in [0.2, 0.25) is 0 Å². The molecule has 0 saturated heterocycles. The van der Waals surface area contributed by atoms with Gasteiger partial charge in [-0.2, -0.15) is 0 Å². The molecule has 4 aromatic rings. The van der Waals surface area contributed by atoms with E-state index < -0.39 is 98.2 Å². The number of ether oxygens (including phenoxy) is 4. The van der Waals surface area contributed by atoms with E-state index in [0.717, 1.165) is 36.4 Å². The lowest BCUT2D eigenvalue weighted by Gasteiger charge is -2.13. The van der Waals surface area contributed by atoms with Crippen LogP contribution >= 0.6 is 0 Å². The Morgan fingerprint density at radius 2 is 0.745 bits per heavy atom. The first kappa shape index (κ1) is 33.1. The van der Waals surface area contributed by atoms with Crippen LogP contribution in [0, 0.1) is 6.92 Å². The third-order valence-corrected chi connectivity index (χ3v) is 6.34. The van der Waals surface area contributed by atoms with Crippen molar-refractivity contribution in [3.8, 4) is 63.2 Å². The molecular weight excluding hydrogens is 628 g/mol. The number of esters is 4. The molecule has 0 aromatic heterocycles. The van der Waals surface area contributed by atoms with E-state index in [1.165, 1.54) is 13.8 Å². The Hall–Kier alpha value is -6.84. The van der Waals surface area contributed by atoms with Crippen LogP contribution in [-0.4, -0.2) is 71.3 Å². The first-order valence-corrected chi connectivity index (χ1v) is 13.1. The van der Waals surface area contributed by atoms with Gasteiger partial charge in [-0.1, -0.05) is 0 Å². The number of phenolic OH excluding ortho intramolecular Hbond substituents is 8. The number of hydrogen-bond acceptors (Lipinski definition) is 16. The summed E-state index contributed by atoms with van der Waals surface area (Å²) >= 11 is 0. The standard InChI is InChI=1S/C31H24O16/c1-3-44-28(40)14-6-19(34)25(37)22(9-14)46-30(42)16-8-21(36)27(39)24(11-16)47-31(43)15-7-20(35)26(38)23(10-15)45-29(41)13-4-17(32)12(2)18(33)5-13/h4-11,32-39H,3H2,1-2H3. The van der Waals surface area contributed by atoms with E-state index in [2.05, 4.69) is 0 Å². The molecule has 0 aliphatic rings. The van der Waals surface area contributed by atoms with E-state index in [0.29, 0.717) is 12.1 Å². The van der Waals surface area contributed by atoms with Gasteiger partial charge in [-0.15, -0.1) is 0 Å². The van der Waals surface area contributed by atoms with Gasteiger partial charge < -0.3 is 59.8 Å². The van der Waals surface area contributed by atoms with E-state index in [1.54, 1.807) is 0 Å². The lowest BCUT2D eigenvalue weighted by atomic mass is 10.1. The van der Waals surface area contributed by atoms with Crippen LogP contribution in [0.3, 0.4) is 0 Å². The second-order valence-electron chi connectivity index (χ2n) is 9.55. The fourth-order valence-corrected chi connectivity index (χ4v) is 3.86. The van der Waals surface area contributed by atoms with E-state index >= 15 is 0 Å². The predicted octanol–water partition coefficient (Wildman–Crippen LogP) is 3.47. The largest absolute Gasteiger partial charge is 0.508 e. The van der Waals surface area contributed by atoms with Crippen LogP contribution in [0.5, 0.6) is 63.2 Å². The topological polar surface area (TPSA) is 267 Å². The van der Waals surface area contributed by atoms with Crippen molar-refractivity contribution in [2.45, 2.75) is 13.8 Å². The van der Waals surface area contributed by atoms with Crippen molar-refractivity contribution in [1.82, 2.24) is 0 Å². The lowest BCUT2D eigenvalue weighted by molar-refractivity contribution is 0.0523. The Morgan fingerprint density at radius 3 is 1.06 bits per heavy atom. The highest BCUT2D eigenvalue weighted by Gasteiger charge is 2.25. The van der Waals surface area contributed by atoms with Crippen molar-refractivity contribution in [3.63, 3.8) is 0 Å². The summed E-state index contributed by atoms with van der Waals surface area (Å²) in [5.41, 5.74) is -1.74. The third-order valence-electron chi connectivity index (χ3n) is 6.34. The van der Waals surface area contributed by atoms with Gasteiger partial charge >= 0.3 is 23.9 Å². The lowest BCUT2D eigenvalue weighted by Crippen LogP contribution is -2.13. The normalized spacial score (nSPS) is 10.6. The van der Waals surface area contributed by atoms with Crippen molar-refractivity contribution < 1.29 is 79.0 Å². The molecule has 4 rings (SSSR count). The zero-order valence-corrected chi connectivity index (χ0v) is 24.2. The maximum atomic E-state index is 12.9. The van der Waals surface area contributed by atoms with Crippen LogP contribution in [0.15, 0.2) is 48.5 Å². The highest BCUT2D eigenvalue weighted by molar-refractivity contribution is 5.97. The molecule has 0 radical (unpaired) electrons. The number of carbonyl (C=O) groups excluding carboxylic acids is 4. The van der Waals surface area contributed by atoms with E-state index in [-0.39, 0.29) is 23.3 Å². The number of aromatic hydroxyl groups is 8. The van der Waals surface area contributed by atoms with Gasteiger partial charge in [0.1, 0.15) is 11.5 Å². The van der Waals surface area contributed by atoms with Crippen molar-refractivity contribution in [3.05, 3.63) is 76.3 Å². The Bertz CT molecular complexity index is 1920. The maximum Gasteiger partial charge on any atom is 0.343 e. The quantitative estimate of drug-likeness (QED) is 0.0769. The first-order valence-electron chi connectivity index (χ1n) is 13.1. The molecule has 0 amide bonds. The minimum atomic E-state index is -1.38. The number of carbonyl (C=O) groups is 4. The molecule has 47 heavy (non-hydrogen) atoms. The molecule has 0 saturated carbocycles. The smallest absolute Gasteiger partial charge is 0.343 e. The van der Waals surface area contributed by atoms with Crippen molar-refractivity contribution >= 4 is 23.9 Å². The molecule has 0 bridgehead atoms. The van der Waals surface area contributed by atoms with E-state index in [4.69, 9.17) is 18.9 Å². The summed E-state index contributed by atoms with van der Waals surface area (Å²) in [6.45, 7) is 2.87. The van der Waals surface area contributed by atoms with Gasteiger partial charge in [0, 0.05) is 5.56 Å². The summed E-state index contributed by atoms with van der Waals surface area (Å²) in [6.07, 6.45) is 0. The molecule has 0 spiro atoms. The maximum absolute atomic E-state index is 12.9. The summed E-state index contributed by atoms with van der Waals surface area (Å²) in [5.74, 6) is -13.8. The van der Waals surface area contributed by atoms with Crippen molar-refractivity contribution in [2.24, 2.45) is 0 Å². The average molecular weight is 653 g/mol. The zero-order chi connectivity index (χ0) is 34.7. The molecule has 4 aromatic carbocycles. The molecule has 0 aliphatic carbocycles. The SMILES string of the molecule is CCOC(=O)c1cc(O)c(O)c(OC(=O)c2cc(O)c(O)c(OC(=O)c3cc(O)c(O)c(OC(=O)c4cc(O)c(C)c(O)c4)c3)c2)c1. The van der Waals surface area contributed by atoms with Crippen LogP contribution in [0.25, 0.3) is 0 Å². The van der Waals surface area contributed by atoms with Gasteiger partial charge in [-0.3, -0.25) is 0 Å². The minimum Gasteiger partial charge on any atom is -0.508 e. The molecule has 16 heteroatoms. The van der Waals surface area contributed by atoms with Gasteiger partial charge in [0.15, 0.2) is 34.5 Å². The summed E-state index contributed by atoms with van der Waals surface area (Å²) in [7, 11) is 0. The van der Waals surface area contributed by atoms with E-state index in [1.807, 2.05) is 0 Å². The fraction of sp³-hybridized carbons (Fsp3) is 0.0968. The zero-order valence-electron chi connectivity index (χ0n) is 24.2. The molecule has 0 fully saturated rings. The number of benzene rings is 4. The van der Waals surface area contributed by atoms with Crippen molar-refractivity contribution in [1.29, 1.82) is 0 Å². The Balaban J connectivity index is 1.60. The van der Waals surface area contributed by atoms with Crippen LogP contribution < -0.4 is 14.2 Å². The highest BCUT2D eigenvalue weighted by Crippen LogP contribution is 2.41. The number of phenols is 8. The summed E-state index contributed by atoms with van der Waals surface area (Å²) < 4.78 is 19.9. The predicted molar refractivity (Wildman–Crippen MR) is 155 cm³/mol. The van der Waals surface area contributed by atoms with Crippen LogP contribution in [0.4, 0.5) is 0 Å². The molecule has 0 unspecified atom stereocenters. The number of hydrogen-bond donors (Lipinski definition) is 8. The Kier molecular flexibility index (Phi) is 9.16. The minimum absolute atomic E-state index is 0.0235. The molecule has 0 aliphatic heterocycles. The third kappa shape index (κ3) is 6.96. The van der Waals surface area contributed by atoms with Gasteiger partial charge in [0.25, 0.3) is 0 Å². The van der Waals surface area contributed by atoms with Gasteiger partial charge in [-0.25, -0.2) is 19.2 Å². The van der Waals surface area contributed by atoms with Crippen LogP contribution in [-0.2, 0) is 4.74 Å². The average Bonchev–Trinajstić information content (AvgIpc) is 3.01. The summed E-state index contributed by atoms with van der Waals surface area (Å²) in [4.78, 5) is 50.4. The summed E-state index contributed by atoms with van der Waals surface area (Å²) in [6, 6.07) is 6.55. The Morgan fingerprint density at radius 1 is 0.468 bits per heavy atom. The number of rotatable bonds is 8. The second-order valence-corrected chi connectivity index (χ2v) is 9.55. The highest BCUT2D eigenvalue weighted by atomic mass is 16.6. The van der Waals surface area contributed by atoms with Crippen molar-refractivity contribution in [2.75, 3.05) is 6.61 Å². The molecule has 0 heterocycles. The molecule has 0 atom stereocenters. The summed E-state index contributed by atoms with van der Waals surface area (Å²) in [5, 5.41) is 80.6. The molecule has 8 N–H and O–H groups in total. The van der Waals surface area contributed by atoms with E-state index in [9.17, 15) is 60.0 Å². The Labute approximate surface area is 263 Å². The molecule has 244 valence electrons. The van der Waals surface area contributed by atoms with Gasteiger partial charge in [-0.05, 0) is 62.4 Å². The fourth-order valence-electron chi connectivity index (χ4n) is 3.86. The molecular formula is C31H24O16. The second kappa shape index (κ2) is 13.0. The first-order chi connectivity index (χ1) is 22.1. The van der Waals surface area contributed by atoms with Gasteiger partial charge in [0.2, 0.25) is 17.2 Å². The monoisotopic (exact) mass is 652 g/mol. The van der Waals surface area contributed by atoms with Gasteiger partial charge in [0.05, 0.1) is 28.9 Å². The molecule has 16 nitrogen and oxygen atoms in total. The van der Waals surface area contributed by atoms with Crippen LogP contribution in [0.1, 0.15) is 53.9 Å².